The van der Waals surface area contributed by atoms with Gasteiger partial charge in [-0.15, -0.1) is 0 Å². The van der Waals surface area contributed by atoms with Crippen LogP contribution in [0.2, 0.25) is 0 Å². The van der Waals surface area contributed by atoms with E-state index in [1.165, 1.54) is 38.9 Å². The lowest BCUT2D eigenvalue weighted by Crippen LogP contribution is -2.54. The van der Waals surface area contributed by atoms with Crippen LogP contribution in [0.25, 0.3) is 22.2 Å². The van der Waals surface area contributed by atoms with Crippen molar-refractivity contribution in [2.75, 3.05) is 0 Å². The highest BCUT2D eigenvalue weighted by Gasteiger charge is 2.46. The molecular weight excluding hydrogens is 290 g/mol. The zero-order chi connectivity index (χ0) is 17.1. The second kappa shape index (κ2) is 5.17. The topological polar surface area (TPSA) is 3.88 Å². The summed E-state index contributed by atoms with van der Waals surface area (Å²) in [5, 5.41) is 1.32. The average molecular weight is 316 g/mol. The van der Waals surface area contributed by atoms with Gasteiger partial charge in [0.25, 0.3) is 0 Å². The molecule has 0 amide bonds. The first kappa shape index (κ1) is 15.4. The molecule has 1 aliphatic heterocycles. The quantitative estimate of drug-likeness (QED) is 0.510. The number of pyridine rings is 1. The van der Waals surface area contributed by atoms with Crippen LogP contribution in [0.1, 0.15) is 49.9 Å². The Morgan fingerprint density at radius 3 is 2.50 bits per heavy atom. The molecule has 4 rings (SSSR count). The number of aromatic nitrogens is 1. The van der Waals surface area contributed by atoms with Crippen molar-refractivity contribution in [1.29, 1.82) is 0 Å². The normalized spacial score (nSPS) is 18.3. The van der Waals surface area contributed by atoms with Crippen LogP contribution in [0.5, 0.6) is 0 Å². The minimum absolute atomic E-state index is 0.115. The molecule has 0 fully saturated rings. The fourth-order valence-corrected chi connectivity index (χ4v) is 4.99. The average Bonchev–Trinajstić information content (AvgIpc) is 2.53. The van der Waals surface area contributed by atoms with Crippen LogP contribution in [0.4, 0.5) is 0 Å². The zero-order valence-electron chi connectivity index (χ0n) is 15.4. The molecule has 1 atom stereocenters. The Bertz CT molecular complexity index is 950. The van der Waals surface area contributed by atoms with Crippen molar-refractivity contribution in [3.8, 4) is 11.3 Å². The van der Waals surface area contributed by atoms with E-state index in [1.807, 2.05) is 0 Å². The van der Waals surface area contributed by atoms with Gasteiger partial charge in [-0.1, -0.05) is 30.7 Å². The smallest absolute Gasteiger partial charge is 0.188 e. The van der Waals surface area contributed by atoms with Crippen molar-refractivity contribution < 1.29 is 4.57 Å². The van der Waals surface area contributed by atoms with Crippen molar-refractivity contribution in [3.05, 3.63) is 65.2 Å². The second-order valence-electron chi connectivity index (χ2n) is 7.80. The third kappa shape index (κ3) is 1.97. The molecule has 0 spiro atoms. The molecule has 0 unspecified atom stereocenters. The van der Waals surface area contributed by atoms with Crippen LogP contribution in [0.15, 0.2) is 48.5 Å². The van der Waals surface area contributed by atoms with Crippen molar-refractivity contribution >= 4 is 10.9 Å². The van der Waals surface area contributed by atoms with E-state index in [2.05, 4.69) is 87.7 Å². The molecule has 1 aliphatic rings. The summed E-state index contributed by atoms with van der Waals surface area (Å²) >= 11 is 0. The van der Waals surface area contributed by atoms with Gasteiger partial charge in [0.05, 0.1) is 11.0 Å². The minimum Gasteiger partial charge on any atom is -0.188 e. The molecule has 2 aromatic carbocycles. The minimum atomic E-state index is 0.115. The number of fused-ring (bicyclic) bond motifs is 5. The molecule has 1 aromatic heterocycles. The predicted octanol–water partition coefficient (Wildman–Crippen LogP) is 5.65. The van der Waals surface area contributed by atoms with Gasteiger partial charge >= 0.3 is 0 Å². The maximum absolute atomic E-state index is 2.59. The fourth-order valence-electron chi connectivity index (χ4n) is 4.99. The number of rotatable bonds is 1. The van der Waals surface area contributed by atoms with E-state index in [0.29, 0.717) is 6.04 Å². The standard InChI is InChI=1S/C23H26N/c1-6-21-23(4,5)22-16(3)13-15(2)14-18(22)20-12-11-17-9-7-8-10-19(17)24(20)21/h7-14,21H,6H2,1-5H3/q+1/t21-/m0/s1. The van der Waals surface area contributed by atoms with E-state index in [4.69, 9.17) is 0 Å². The summed E-state index contributed by atoms with van der Waals surface area (Å²) in [7, 11) is 0. The SMILES string of the molecule is CC[C@@H]1[n+]2c(ccc3ccccc32)-c2cc(C)cc(C)c2C1(C)C. The summed E-state index contributed by atoms with van der Waals surface area (Å²) < 4.78 is 2.59. The number of nitrogens with zero attached hydrogens (tertiary/aromatic N) is 1. The lowest BCUT2D eigenvalue weighted by molar-refractivity contribution is -0.700. The Morgan fingerprint density at radius 1 is 1.00 bits per heavy atom. The number of hydrogen-bond acceptors (Lipinski definition) is 0. The predicted molar refractivity (Wildman–Crippen MR) is 101 cm³/mol. The number of aryl methyl sites for hydroxylation is 2. The fraction of sp³-hybridized carbons (Fsp3) is 0.348. The summed E-state index contributed by atoms with van der Waals surface area (Å²) in [6.07, 6.45) is 1.13. The molecule has 3 aromatic rings. The lowest BCUT2D eigenvalue weighted by Gasteiger charge is -2.38. The molecule has 122 valence electrons. The highest BCUT2D eigenvalue weighted by atomic mass is 15.0. The summed E-state index contributed by atoms with van der Waals surface area (Å²) in [5.41, 5.74) is 8.53. The summed E-state index contributed by atoms with van der Waals surface area (Å²) in [5.74, 6) is 0. The van der Waals surface area contributed by atoms with Gasteiger partial charge < -0.3 is 0 Å². The molecule has 24 heavy (non-hydrogen) atoms. The van der Waals surface area contributed by atoms with Crippen LogP contribution in [-0.2, 0) is 5.41 Å². The van der Waals surface area contributed by atoms with E-state index >= 15 is 0 Å². The van der Waals surface area contributed by atoms with Crippen molar-refractivity contribution in [3.63, 3.8) is 0 Å². The number of benzene rings is 2. The molecule has 2 heterocycles. The Morgan fingerprint density at radius 2 is 1.75 bits per heavy atom. The summed E-state index contributed by atoms with van der Waals surface area (Å²) in [4.78, 5) is 0. The van der Waals surface area contributed by atoms with Crippen LogP contribution in [0.3, 0.4) is 0 Å². The largest absolute Gasteiger partial charge is 0.213 e. The van der Waals surface area contributed by atoms with E-state index in [-0.39, 0.29) is 5.41 Å². The van der Waals surface area contributed by atoms with Crippen LogP contribution < -0.4 is 4.57 Å². The molecule has 0 radical (unpaired) electrons. The van der Waals surface area contributed by atoms with Crippen LogP contribution >= 0.6 is 0 Å². The molecule has 0 bridgehead atoms. The highest BCUT2D eigenvalue weighted by molar-refractivity contribution is 5.79. The Labute approximate surface area is 145 Å². The van der Waals surface area contributed by atoms with Gasteiger partial charge in [0.15, 0.2) is 6.04 Å². The Kier molecular flexibility index (Phi) is 3.32. The maximum Gasteiger partial charge on any atom is 0.213 e. The number of hydrogen-bond donors (Lipinski definition) is 0. The Balaban J connectivity index is 2.19. The van der Waals surface area contributed by atoms with Crippen LogP contribution in [0, 0.1) is 13.8 Å². The van der Waals surface area contributed by atoms with Gasteiger partial charge in [0.2, 0.25) is 11.2 Å². The molecular formula is C23H26N+. The van der Waals surface area contributed by atoms with Crippen molar-refractivity contribution in [2.45, 2.75) is 52.5 Å². The van der Waals surface area contributed by atoms with Crippen LogP contribution in [-0.4, -0.2) is 0 Å². The maximum atomic E-state index is 2.59. The lowest BCUT2D eigenvalue weighted by atomic mass is 9.69. The molecule has 0 N–H and O–H groups in total. The van der Waals surface area contributed by atoms with E-state index in [0.717, 1.165) is 6.42 Å². The van der Waals surface area contributed by atoms with Gasteiger partial charge in [-0.05, 0) is 57.0 Å². The third-order valence-corrected chi connectivity index (χ3v) is 5.81. The van der Waals surface area contributed by atoms with Crippen molar-refractivity contribution in [1.82, 2.24) is 0 Å². The molecule has 0 aliphatic carbocycles. The van der Waals surface area contributed by atoms with Gasteiger partial charge in [0.1, 0.15) is 0 Å². The third-order valence-electron chi connectivity index (χ3n) is 5.81. The van der Waals surface area contributed by atoms with E-state index in [9.17, 15) is 0 Å². The first-order chi connectivity index (χ1) is 11.4. The monoisotopic (exact) mass is 316 g/mol. The molecule has 0 saturated heterocycles. The van der Waals surface area contributed by atoms with Gasteiger partial charge in [-0.25, -0.2) is 0 Å². The van der Waals surface area contributed by atoms with Crippen molar-refractivity contribution in [2.24, 2.45) is 0 Å². The first-order valence-electron chi connectivity index (χ1n) is 9.00. The molecule has 1 heteroatoms. The van der Waals surface area contributed by atoms with E-state index < -0.39 is 0 Å². The zero-order valence-corrected chi connectivity index (χ0v) is 15.4. The molecule has 1 nitrogen and oxygen atoms in total. The van der Waals surface area contributed by atoms with Gasteiger partial charge in [0, 0.05) is 23.9 Å². The summed E-state index contributed by atoms with van der Waals surface area (Å²) in [6, 6.07) is 18.5. The highest BCUT2D eigenvalue weighted by Crippen LogP contribution is 2.46. The molecule has 0 saturated carbocycles. The first-order valence-corrected chi connectivity index (χ1v) is 9.00. The van der Waals surface area contributed by atoms with Gasteiger partial charge in [-0.3, -0.25) is 0 Å². The summed E-state index contributed by atoms with van der Waals surface area (Å²) in [6.45, 7) is 11.6. The van der Waals surface area contributed by atoms with Gasteiger partial charge in [-0.2, -0.15) is 4.57 Å². The number of para-hydroxylation sites is 1. The van der Waals surface area contributed by atoms with E-state index in [1.54, 1.807) is 0 Å². The Hall–Kier alpha value is -2.15. The second-order valence-corrected chi connectivity index (χ2v) is 7.80.